The molecule has 7 heteroatoms. The van der Waals surface area contributed by atoms with E-state index in [-0.39, 0.29) is 13.2 Å². The fourth-order valence-corrected chi connectivity index (χ4v) is 2.20. The van der Waals surface area contributed by atoms with Crippen molar-refractivity contribution in [1.29, 1.82) is 0 Å². The number of rotatable bonds is 9. The van der Waals surface area contributed by atoms with Crippen molar-refractivity contribution in [2.24, 2.45) is 0 Å². The van der Waals surface area contributed by atoms with Crippen molar-refractivity contribution >= 4 is 6.41 Å². The lowest BCUT2D eigenvalue weighted by atomic mass is 10.1. The summed E-state index contributed by atoms with van der Waals surface area (Å²) in [4.78, 5) is 10.5. The molecule has 4 N–H and O–H groups in total. The zero-order valence-corrected chi connectivity index (χ0v) is 11.8. The zero-order chi connectivity index (χ0) is 15.0. The van der Waals surface area contributed by atoms with Gasteiger partial charge in [-0.05, 0) is 12.8 Å². The smallest absolute Gasteiger partial charge is 0.207 e. The molecule has 1 heterocycles. The van der Waals surface area contributed by atoms with Crippen LogP contribution in [0.1, 0.15) is 32.6 Å². The highest BCUT2D eigenvalue weighted by atomic mass is 16.7. The van der Waals surface area contributed by atoms with Gasteiger partial charge in [0.15, 0.2) is 6.29 Å². The Balaban J connectivity index is 2.40. The summed E-state index contributed by atoms with van der Waals surface area (Å²) >= 11 is 0. The molecule has 1 fully saturated rings. The SMILES string of the molecule is CCCC(O)C(CO[C@@H]1CC[C@@H](O)C(CO)O1)NC=O. The van der Waals surface area contributed by atoms with Crippen LogP contribution in [0.4, 0.5) is 0 Å². The van der Waals surface area contributed by atoms with Gasteiger partial charge in [-0.15, -0.1) is 0 Å². The first-order chi connectivity index (χ1) is 9.62. The molecule has 0 radical (unpaired) electrons. The maximum Gasteiger partial charge on any atom is 0.207 e. The van der Waals surface area contributed by atoms with E-state index >= 15 is 0 Å². The van der Waals surface area contributed by atoms with E-state index in [0.29, 0.717) is 25.7 Å². The Labute approximate surface area is 118 Å². The van der Waals surface area contributed by atoms with Crippen LogP contribution in [0.3, 0.4) is 0 Å². The van der Waals surface area contributed by atoms with Crippen LogP contribution in [0.2, 0.25) is 0 Å². The van der Waals surface area contributed by atoms with E-state index in [1.54, 1.807) is 0 Å². The van der Waals surface area contributed by atoms with Gasteiger partial charge in [-0.3, -0.25) is 4.79 Å². The van der Waals surface area contributed by atoms with Gasteiger partial charge in [0.1, 0.15) is 6.10 Å². The Morgan fingerprint density at radius 2 is 2.25 bits per heavy atom. The van der Waals surface area contributed by atoms with Gasteiger partial charge >= 0.3 is 0 Å². The maximum atomic E-state index is 10.5. The molecule has 1 aliphatic heterocycles. The molecule has 5 atom stereocenters. The summed E-state index contributed by atoms with van der Waals surface area (Å²) in [7, 11) is 0. The van der Waals surface area contributed by atoms with E-state index in [4.69, 9.17) is 14.6 Å². The normalized spacial score (nSPS) is 29.7. The first kappa shape index (κ1) is 17.3. The summed E-state index contributed by atoms with van der Waals surface area (Å²) in [5.41, 5.74) is 0. The molecular formula is C13H25NO6. The van der Waals surface area contributed by atoms with Crippen LogP contribution in [-0.4, -0.2) is 65.6 Å². The van der Waals surface area contributed by atoms with Gasteiger partial charge in [0, 0.05) is 6.42 Å². The average Bonchev–Trinajstić information content (AvgIpc) is 2.45. The largest absolute Gasteiger partial charge is 0.394 e. The highest BCUT2D eigenvalue weighted by molar-refractivity contribution is 5.46. The number of aliphatic hydroxyl groups excluding tert-OH is 3. The van der Waals surface area contributed by atoms with Crippen LogP contribution < -0.4 is 5.32 Å². The topological polar surface area (TPSA) is 108 Å². The number of ether oxygens (including phenoxy) is 2. The minimum atomic E-state index is -0.686. The van der Waals surface area contributed by atoms with Crippen LogP contribution in [0.25, 0.3) is 0 Å². The maximum absolute atomic E-state index is 10.5. The monoisotopic (exact) mass is 291 g/mol. The molecule has 1 rings (SSSR count). The van der Waals surface area contributed by atoms with Crippen LogP contribution in [-0.2, 0) is 14.3 Å². The van der Waals surface area contributed by atoms with Crippen LogP contribution in [0.5, 0.6) is 0 Å². The molecule has 3 unspecified atom stereocenters. The Morgan fingerprint density at radius 1 is 1.50 bits per heavy atom. The number of aliphatic hydroxyl groups is 3. The van der Waals surface area contributed by atoms with Gasteiger partial charge in [0.2, 0.25) is 6.41 Å². The lowest BCUT2D eigenvalue weighted by Gasteiger charge is -2.33. The molecule has 1 aliphatic rings. The molecule has 1 amide bonds. The van der Waals surface area contributed by atoms with Crippen LogP contribution in [0, 0.1) is 0 Å². The second kappa shape index (κ2) is 9.25. The molecule has 118 valence electrons. The third-order valence-corrected chi connectivity index (χ3v) is 3.43. The number of carbonyl (C=O) groups excluding carboxylic acids is 1. The van der Waals surface area contributed by atoms with Gasteiger partial charge in [-0.1, -0.05) is 13.3 Å². The van der Waals surface area contributed by atoms with E-state index in [9.17, 15) is 15.0 Å². The fraction of sp³-hybridized carbons (Fsp3) is 0.923. The predicted octanol–water partition coefficient (Wildman–Crippen LogP) is -0.863. The van der Waals surface area contributed by atoms with Crippen molar-refractivity contribution in [3.63, 3.8) is 0 Å². The second-order valence-corrected chi connectivity index (χ2v) is 5.01. The summed E-state index contributed by atoms with van der Waals surface area (Å²) in [6, 6.07) is -0.490. The van der Waals surface area contributed by atoms with E-state index in [2.05, 4.69) is 5.32 Å². The predicted molar refractivity (Wildman–Crippen MR) is 70.8 cm³/mol. The lowest BCUT2D eigenvalue weighted by molar-refractivity contribution is -0.232. The summed E-state index contributed by atoms with van der Waals surface area (Å²) in [5.74, 6) is 0. The van der Waals surface area contributed by atoms with Crippen LogP contribution in [0.15, 0.2) is 0 Å². The Morgan fingerprint density at radius 3 is 2.85 bits per heavy atom. The van der Waals surface area contributed by atoms with Crippen molar-refractivity contribution < 1.29 is 29.6 Å². The summed E-state index contributed by atoms with van der Waals surface area (Å²) in [6.45, 7) is 1.80. The van der Waals surface area contributed by atoms with Crippen molar-refractivity contribution in [3.05, 3.63) is 0 Å². The lowest BCUT2D eigenvalue weighted by Crippen LogP contribution is -2.46. The zero-order valence-electron chi connectivity index (χ0n) is 11.8. The van der Waals surface area contributed by atoms with E-state index in [1.165, 1.54) is 0 Å². The van der Waals surface area contributed by atoms with Gasteiger partial charge in [-0.25, -0.2) is 0 Å². The quantitative estimate of drug-likeness (QED) is 0.412. The number of hydrogen-bond donors (Lipinski definition) is 4. The Bertz CT molecular complexity index is 278. The highest BCUT2D eigenvalue weighted by Crippen LogP contribution is 2.20. The van der Waals surface area contributed by atoms with Gasteiger partial charge in [0.25, 0.3) is 0 Å². The molecule has 0 bridgehead atoms. The minimum Gasteiger partial charge on any atom is -0.394 e. The van der Waals surface area contributed by atoms with Gasteiger partial charge < -0.3 is 30.1 Å². The second-order valence-electron chi connectivity index (χ2n) is 5.01. The summed E-state index contributed by atoms with van der Waals surface area (Å²) in [6.07, 6.45) is 0.355. The van der Waals surface area contributed by atoms with Crippen molar-refractivity contribution in [1.82, 2.24) is 5.32 Å². The fourth-order valence-electron chi connectivity index (χ4n) is 2.20. The third kappa shape index (κ3) is 5.34. The molecule has 0 aliphatic carbocycles. The number of carbonyl (C=O) groups is 1. The first-order valence-electron chi connectivity index (χ1n) is 7.06. The van der Waals surface area contributed by atoms with Crippen molar-refractivity contribution in [2.75, 3.05) is 13.2 Å². The van der Waals surface area contributed by atoms with E-state index < -0.39 is 30.6 Å². The number of hydrogen-bond acceptors (Lipinski definition) is 6. The molecule has 20 heavy (non-hydrogen) atoms. The molecular weight excluding hydrogens is 266 g/mol. The highest BCUT2D eigenvalue weighted by Gasteiger charge is 2.30. The van der Waals surface area contributed by atoms with Gasteiger partial charge in [-0.2, -0.15) is 0 Å². The number of amides is 1. The summed E-state index contributed by atoms with van der Waals surface area (Å²) < 4.78 is 10.9. The standard InChI is InChI=1S/C13H25NO6/c1-2-3-10(17)9(14-8-16)7-19-13-5-4-11(18)12(6-15)20-13/h8-13,15,17-18H,2-7H2,1H3,(H,14,16)/t9?,10?,11-,12?,13+/m1/s1. The minimum absolute atomic E-state index is 0.124. The van der Waals surface area contributed by atoms with E-state index in [1.807, 2.05) is 6.92 Å². The molecule has 0 aromatic carbocycles. The molecule has 0 saturated carbocycles. The molecule has 0 spiro atoms. The third-order valence-electron chi connectivity index (χ3n) is 3.43. The van der Waals surface area contributed by atoms with Crippen molar-refractivity contribution in [2.45, 2.75) is 63.3 Å². The van der Waals surface area contributed by atoms with E-state index in [0.717, 1.165) is 6.42 Å². The first-order valence-corrected chi connectivity index (χ1v) is 7.06. The average molecular weight is 291 g/mol. The van der Waals surface area contributed by atoms with Crippen molar-refractivity contribution in [3.8, 4) is 0 Å². The van der Waals surface area contributed by atoms with Gasteiger partial charge in [0.05, 0.1) is 31.5 Å². The molecule has 1 saturated heterocycles. The van der Waals surface area contributed by atoms with Crippen LogP contribution >= 0.6 is 0 Å². The molecule has 0 aromatic heterocycles. The molecule has 7 nitrogen and oxygen atoms in total. The Hall–Kier alpha value is -0.730. The summed E-state index contributed by atoms with van der Waals surface area (Å²) in [5, 5.41) is 31.0. The Kier molecular flexibility index (Phi) is 8.01. The number of nitrogens with one attached hydrogen (secondary N) is 1. The molecule has 0 aromatic rings.